The fraction of sp³-hybridized carbons (Fsp3) is 0.462. The number of nitrogens with zero attached hydrogens (tertiary/aromatic N) is 1. The minimum Gasteiger partial charge on any atom is -0.358 e. The Labute approximate surface area is 114 Å². The summed E-state index contributed by atoms with van der Waals surface area (Å²) >= 11 is 0. The van der Waals surface area contributed by atoms with Gasteiger partial charge < -0.3 is 5.32 Å². The van der Waals surface area contributed by atoms with Gasteiger partial charge in [0.15, 0.2) is 0 Å². The molecular formula is C13H20N2O3S. The molecule has 1 aromatic rings. The Bertz CT molecular complexity index is 571. The SMILES string of the molecule is CNC(=O)CN(c1c(C)cc(C)cc1C)S(C)(=O)=O. The van der Waals surface area contributed by atoms with Crippen LogP contribution in [0.5, 0.6) is 0 Å². The van der Waals surface area contributed by atoms with E-state index in [4.69, 9.17) is 0 Å². The number of rotatable bonds is 4. The third-order valence-electron chi connectivity index (χ3n) is 2.85. The lowest BCUT2D eigenvalue weighted by Gasteiger charge is -2.25. The van der Waals surface area contributed by atoms with E-state index >= 15 is 0 Å². The summed E-state index contributed by atoms with van der Waals surface area (Å²) in [5.74, 6) is -0.343. The Hall–Kier alpha value is -1.56. The van der Waals surface area contributed by atoms with Crippen LogP contribution in [0, 0.1) is 20.8 Å². The van der Waals surface area contributed by atoms with Crippen LogP contribution in [-0.2, 0) is 14.8 Å². The summed E-state index contributed by atoms with van der Waals surface area (Å²) < 4.78 is 25.0. The second-order valence-electron chi connectivity index (χ2n) is 4.69. The van der Waals surface area contributed by atoms with E-state index in [-0.39, 0.29) is 12.5 Å². The lowest BCUT2D eigenvalue weighted by Crippen LogP contribution is -2.39. The Kier molecular flexibility index (Phi) is 4.57. The molecule has 0 saturated carbocycles. The van der Waals surface area contributed by atoms with Gasteiger partial charge in [0, 0.05) is 7.05 Å². The fourth-order valence-electron chi connectivity index (χ4n) is 2.14. The second-order valence-corrected chi connectivity index (χ2v) is 6.60. The number of likely N-dealkylation sites (N-methyl/N-ethyl adjacent to an activating group) is 1. The highest BCUT2D eigenvalue weighted by atomic mass is 32.2. The summed E-state index contributed by atoms with van der Waals surface area (Å²) in [4.78, 5) is 11.5. The smallest absolute Gasteiger partial charge is 0.240 e. The standard InChI is InChI=1S/C13H20N2O3S/c1-9-6-10(2)13(11(3)7-9)15(19(5,17)18)8-12(16)14-4/h6-7H,8H2,1-5H3,(H,14,16). The Morgan fingerprint density at radius 1 is 1.21 bits per heavy atom. The van der Waals surface area contributed by atoms with Crippen LogP contribution in [0.4, 0.5) is 5.69 Å². The maximum absolute atomic E-state index is 11.9. The summed E-state index contributed by atoms with van der Waals surface area (Å²) in [6, 6.07) is 3.81. The molecule has 19 heavy (non-hydrogen) atoms. The molecule has 0 saturated heterocycles. The summed E-state index contributed by atoms with van der Waals surface area (Å²) in [5.41, 5.74) is 3.32. The van der Waals surface area contributed by atoms with Crippen molar-refractivity contribution in [1.82, 2.24) is 5.32 Å². The van der Waals surface area contributed by atoms with Gasteiger partial charge in [-0.2, -0.15) is 0 Å². The summed E-state index contributed by atoms with van der Waals surface area (Å²) in [6.07, 6.45) is 1.11. The van der Waals surface area contributed by atoms with E-state index in [1.54, 1.807) is 0 Å². The average Bonchev–Trinajstić information content (AvgIpc) is 2.24. The van der Waals surface area contributed by atoms with Crippen molar-refractivity contribution < 1.29 is 13.2 Å². The Morgan fingerprint density at radius 2 is 1.68 bits per heavy atom. The van der Waals surface area contributed by atoms with Gasteiger partial charge in [0.25, 0.3) is 0 Å². The third kappa shape index (κ3) is 3.70. The van der Waals surface area contributed by atoms with Crippen molar-refractivity contribution in [3.05, 3.63) is 28.8 Å². The first-order valence-corrected chi connectivity index (χ1v) is 7.77. The van der Waals surface area contributed by atoms with Crippen molar-refractivity contribution in [3.8, 4) is 0 Å². The molecule has 0 unspecified atom stereocenters. The van der Waals surface area contributed by atoms with Crippen LogP contribution in [0.15, 0.2) is 12.1 Å². The van der Waals surface area contributed by atoms with E-state index < -0.39 is 10.0 Å². The minimum atomic E-state index is -3.51. The molecule has 0 aromatic heterocycles. The van der Waals surface area contributed by atoms with E-state index in [1.807, 2.05) is 32.9 Å². The molecule has 0 aliphatic rings. The number of sulfonamides is 1. The van der Waals surface area contributed by atoms with Crippen molar-refractivity contribution in [3.63, 3.8) is 0 Å². The zero-order valence-corrected chi connectivity index (χ0v) is 12.8. The van der Waals surface area contributed by atoms with Gasteiger partial charge in [-0.15, -0.1) is 0 Å². The molecule has 1 amide bonds. The van der Waals surface area contributed by atoms with Crippen molar-refractivity contribution in [2.24, 2.45) is 0 Å². The summed E-state index contributed by atoms with van der Waals surface area (Å²) in [6.45, 7) is 5.43. The first-order valence-electron chi connectivity index (χ1n) is 5.93. The normalized spacial score (nSPS) is 11.2. The van der Waals surface area contributed by atoms with Crippen molar-refractivity contribution in [2.45, 2.75) is 20.8 Å². The van der Waals surface area contributed by atoms with Gasteiger partial charge in [-0.3, -0.25) is 9.10 Å². The number of nitrogens with one attached hydrogen (secondary N) is 1. The largest absolute Gasteiger partial charge is 0.358 e. The van der Waals surface area contributed by atoms with Crippen molar-refractivity contribution in [1.29, 1.82) is 0 Å². The molecule has 1 aromatic carbocycles. The molecule has 6 heteroatoms. The zero-order chi connectivity index (χ0) is 14.8. The van der Waals surface area contributed by atoms with Gasteiger partial charge in [0.1, 0.15) is 6.54 Å². The molecule has 1 rings (SSSR count). The van der Waals surface area contributed by atoms with Crippen LogP contribution >= 0.6 is 0 Å². The average molecular weight is 284 g/mol. The molecule has 0 aliphatic heterocycles. The molecule has 5 nitrogen and oxygen atoms in total. The number of carbonyl (C=O) groups excluding carboxylic acids is 1. The van der Waals surface area contributed by atoms with Crippen LogP contribution in [-0.4, -0.2) is 34.2 Å². The predicted octanol–water partition coefficient (Wildman–Crippen LogP) is 1.12. The van der Waals surface area contributed by atoms with E-state index in [9.17, 15) is 13.2 Å². The van der Waals surface area contributed by atoms with Crippen LogP contribution in [0.1, 0.15) is 16.7 Å². The highest BCUT2D eigenvalue weighted by Gasteiger charge is 2.23. The molecule has 0 spiro atoms. The highest BCUT2D eigenvalue weighted by molar-refractivity contribution is 7.92. The van der Waals surface area contributed by atoms with Gasteiger partial charge in [0.2, 0.25) is 15.9 Å². The first kappa shape index (κ1) is 15.5. The minimum absolute atomic E-state index is 0.208. The topological polar surface area (TPSA) is 66.5 Å². The fourth-order valence-corrected chi connectivity index (χ4v) is 3.11. The molecule has 0 bridgehead atoms. The summed E-state index contributed by atoms with van der Waals surface area (Å²) in [7, 11) is -2.02. The van der Waals surface area contributed by atoms with Crippen molar-refractivity contribution in [2.75, 3.05) is 24.2 Å². The van der Waals surface area contributed by atoms with E-state index in [0.717, 1.165) is 27.3 Å². The van der Waals surface area contributed by atoms with Crippen LogP contribution in [0.2, 0.25) is 0 Å². The van der Waals surface area contributed by atoms with Gasteiger partial charge >= 0.3 is 0 Å². The van der Waals surface area contributed by atoms with Gasteiger partial charge in [-0.05, 0) is 31.9 Å². The second kappa shape index (κ2) is 5.61. The Balaban J connectivity index is 3.38. The molecule has 0 aliphatic carbocycles. The van der Waals surface area contributed by atoms with E-state index in [0.29, 0.717) is 5.69 Å². The number of hydrogen-bond acceptors (Lipinski definition) is 3. The quantitative estimate of drug-likeness (QED) is 0.901. The summed E-state index contributed by atoms with van der Waals surface area (Å²) in [5, 5.41) is 2.44. The monoisotopic (exact) mass is 284 g/mol. The van der Waals surface area contributed by atoms with Crippen LogP contribution < -0.4 is 9.62 Å². The first-order chi connectivity index (χ1) is 8.66. The van der Waals surface area contributed by atoms with Crippen LogP contribution in [0.25, 0.3) is 0 Å². The third-order valence-corrected chi connectivity index (χ3v) is 3.96. The number of benzene rings is 1. The number of carbonyl (C=O) groups is 1. The van der Waals surface area contributed by atoms with Crippen molar-refractivity contribution >= 4 is 21.6 Å². The Morgan fingerprint density at radius 3 is 2.05 bits per heavy atom. The molecular weight excluding hydrogens is 264 g/mol. The number of aryl methyl sites for hydroxylation is 3. The van der Waals surface area contributed by atoms with Gasteiger partial charge in [0.05, 0.1) is 11.9 Å². The van der Waals surface area contributed by atoms with E-state index in [1.165, 1.54) is 7.05 Å². The lowest BCUT2D eigenvalue weighted by atomic mass is 10.1. The number of hydrogen-bond donors (Lipinski definition) is 1. The zero-order valence-electron chi connectivity index (χ0n) is 11.9. The lowest BCUT2D eigenvalue weighted by molar-refractivity contribution is -0.119. The maximum Gasteiger partial charge on any atom is 0.240 e. The van der Waals surface area contributed by atoms with E-state index in [2.05, 4.69) is 5.32 Å². The maximum atomic E-state index is 11.9. The molecule has 0 fully saturated rings. The molecule has 106 valence electrons. The molecule has 0 heterocycles. The number of amides is 1. The van der Waals surface area contributed by atoms with Crippen LogP contribution in [0.3, 0.4) is 0 Å². The van der Waals surface area contributed by atoms with Gasteiger partial charge in [-0.25, -0.2) is 8.42 Å². The highest BCUT2D eigenvalue weighted by Crippen LogP contribution is 2.27. The molecule has 0 atom stereocenters. The van der Waals surface area contributed by atoms with Gasteiger partial charge in [-0.1, -0.05) is 17.7 Å². The molecule has 1 N–H and O–H groups in total. The predicted molar refractivity (Wildman–Crippen MR) is 76.9 cm³/mol. The number of anilines is 1. The molecule has 0 radical (unpaired) electrons.